The lowest BCUT2D eigenvalue weighted by atomic mass is 9.97. The largest absolute Gasteiger partial charge is 0.316 e. The Balaban J connectivity index is 1.26. The van der Waals surface area contributed by atoms with Gasteiger partial charge in [0.2, 0.25) is 5.95 Å². The molecule has 3 aromatic heterocycles. The van der Waals surface area contributed by atoms with Crippen LogP contribution in [0.2, 0.25) is 0 Å². The highest BCUT2D eigenvalue weighted by molar-refractivity contribution is 6.18. The SMILES string of the molecule is C=Cc1ccc(-c2ccc(-c3nc(-n4c5ccccc5c5ccc6c(ccn6-c6ccccc6)c54)nc4ccccc34)cc2)cc1C=C. The summed E-state index contributed by atoms with van der Waals surface area (Å²) in [4.78, 5) is 10.6. The van der Waals surface area contributed by atoms with Gasteiger partial charge in [-0.2, -0.15) is 0 Å². The summed E-state index contributed by atoms with van der Waals surface area (Å²) >= 11 is 0. The maximum absolute atomic E-state index is 5.36. The summed E-state index contributed by atoms with van der Waals surface area (Å²) in [6.45, 7) is 7.93. The highest BCUT2D eigenvalue weighted by Crippen LogP contribution is 2.38. The van der Waals surface area contributed by atoms with Crippen molar-refractivity contribution in [2.75, 3.05) is 0 Å². The highest BCUT2D eigenvalue weighted by atomic mass is 15.2. The van der Waals surface area contributed by atoms with Crippen molar-refractivity contribution in [3.63, 3.8) is 0 Å². The number of rotatable bonds is 6. The summed E-state index contributed by atoms with van der Waals surface area (Å²) < 4.78 is 4.48. The first-order chi connectivity index (χ1) is 23.7. The molecule has 0 atom stereocenters. The molecule has 9 rings (SSSR count). The van der Waals surface area contributed by atoms with E-state index in [-0.39, 0.29) is 0 Å². The van der Waals surface area contributed by atoms with Crippen LogP contribution in [-0.4, -0.2) is 19.1 Å². The number of hydrogen-bond acceptors (Lipinski definition) is 2. The Labute approximate surface area is 278 Å². The summed E-state index contributed by atoms with van der Waals surface area (Å²) in [7, 11) is 0. The van der Waals surface area contributed by atoms with Gasteiger partial charge >= 0.3 is 0 Å². The number of fused-ring (bicyclic) bond motifs is 6. The molecule has 0 spiro atoms. The van der Waals surface area contributed by atoms with E-state index in [2.05, 4.69) is 156 Å². The van der Waals surface area contributed by atoms with Crippen LogP contribution < -0.4 is 0 Å². The van der Waals surface area contributed by atoms with E-state index in [1.54, 1.807) is 0 Å². The molecule has 0 bridgehead atoms. The van der Waals surface area contributed by atoms with Gasteiger partial charge in [-0.15, -0.1) is 0 Å². The minimum atomic E-state index is 0.648. The summed E-state index contributed by atoms with van der Waals surface area (Å²) in [5.74, 6) is 0.648. The van der Waals surface area contributed by atoms with E-state index >= 15 is 0 Å². The minimum Gasteiger partial charge on any atom is -0.316 e. The number of benzene rings is 6. The molecule has 0 saturated carbocycles. The van der Waals surface area contributed by atoms with Gasteiger partial charge in [-0.3, -0.25) is 4.57 Å². The first-order valence-corrected chi connectivity index (χ1v) is 16.1. The second-order valence-corrected chi connectivity index (χ2v) is 12.0. The van der Waals surface area contributed by atoms with Crippen molar-refractivity contribution in [1.82, 2.24) is 19.1 Å². The summed E-state index contributed by atoms with van der Waals surface area (Å²) in [6.07, 6.45) is 5.89. The van der Waals surface area contributed by atoms with Crippen molar-refractivity contribution < 1.29 is 0 Å². The van der Waals surface area contributed by atoms with Gasteiger partial charge < -0.3 is 4.57 Å². The van der Waals surface area contributed by atoms with Crippen LogP contribution in [0.1, 0.15) is 11.1 Å². The molecule has 3 heterocycles. The second-order valence-electron chi connectivity index (χ2n) is 12.0. The fourth-order valence-corrected chi connectivity index (χ4v) is 7.02. The molecule has 6 aromatic carbocycles. The van der Waals surface area contributed by atoms with Crippen molar-refractivity contribution in [3.05, 3.63) is 170 Å². The standard InChI is InChI=1S/C44H30N4/c1-3-29-18-23-33(28-30(29)4-2)31-19-21-32(22-20-31)42-37-15-8-10-16-39(37)45-44(46-42)48-41-17-11-9-14-35(41)36-24-25-40-38(43(36)48)26-27-47(40)34-12-6-5-7-13-34/h3-28H,1-2H2. The van der Waals surface area contributed by atoms with Crippen molar-refractivity contribution in [2.45, 2.75) is 0 Å². The third-order valence-electron chi connectivity index (χ3n) is 9.35. The summed E-state index contributed by atoms with van der Waals surface area (Å²) in [5, 5.41) is 4.51. The minimum absolute atomic E-state index is 0.648. The Kier molecular flexibility index (Phi) is 6.41. The smallest absolute Gasteiger partial charge is 0.235 e. The number of nitrogens with zero attached hydrogens (tertiary/aromatic N) is 4. The van der Waals surface area contributed by atoms with Crippen LogP contribution in [0.15, 0.2) is 159 Å². The fraction of sp³-hybridized carbons (Fsp3) is 0. The molecule has 226 valence electrons. The van der Waals surface area contributed by atoms with Crippen LogP contribution >= 0.6 is 0 Å². The molecule has 0 saturated heterocycles. The Morgan fingerprint density at radius 3 is 2.02 bits per heavy atom. The molecule has 0 radical (unpaired) electrons. The molecule has 0 aliphatic carbocycles. The summed E-state index contributed by atoms with van der Waals surface area (Å²) in [5.41, 5.74) is 11.7. The number of para-hydroxylation sites is 3. The van der Waals surface area contributed by atoms with Gasteiger partial charge in [0.1, 0.15) is 0 Å². The molecule has 9 aromatic rings. The van der Waals surface area contributed by atoms with Crippen molar-refractivity contribution in [1.29, 1.82) is 0 Å². The lowest BCUT2D eigenvalue weighted by Crippen LogP contribution is -2.03. The molecule has 0 fully saturated rings. The van der Waals surface area contributed by atoms with Gasteiger partial charge in [0, 0.05) is 39.0 Å². The van der Waals surface area contributed by atoms with Gasteiger partial charge in [-0.25, -0.2) is 9.97 Å². The predicted octanol–water partition coefficient (Wildman–Crippen LogP) is 11.3. The van der Waals surface area contributed by atoms with E-state index in [9.17, 15) is 0 Å². The van der Waals surface area contributed by atoms with E-state index in [1.165, 1.54) is 10.8 Å². The fourth-order valence-electron chi connectivity index (χ4n) is 7.02. The monoisotopic (exact) mass is 614 g/mol. The lowest BCUT2D eigenvalue weighted by molar-refractivity contribution is 1.02. The van der Waals surface area contributed by atoms with E-state index in [4.69, 9.17) is 9.97 Å². The average molecular weight is 615 g/mol. The number of aromatic nitrogens is 4. The molecule has 48 heavy (non-hydrogen) atoms. The predicted molar refractivity (Wildman–Crippen MR) is 202 cm³/mol. The zero-order valence-corrected chi connectivity index (χ0v) is 26.2. The Morgan fingerprint density at radius 2 is 1.21 bits per heavy atom. The van der Waals surface area contributed by atoms with Crippen LogP contribution in [0.4, 0.5) is 0 Å². The zero-order chi connectivity index (χ0) is 32.2. The van der Waals surface area contributed by atoms with Crippen LogP contribution in [-0.2, 0) is 0 Å². The molecule has 0 unspecified atom stereocenters. The first kappa shape index (κ1) is 27.8. The molecule has 0 N–H and O–H groups in total. The third kappa shape index (κ3) is 4.31. The van der Waals surface area contributed by atoms with E-state index in [0.717, 1.165) is 72.0 Å². The maximum atomic E-state index is 5.36. The van der Waals surface area contributed by atoms with Gasteiger partial charge in [0.15, 0.2) is 0 Å². The van der Waals surface area contributed by atoms with Crippen molar-refractivity contribution in [3.8, 4) is 34.0 Å². The highest BCUT2D eigenvalue weighted by Gasteiger charge is 2.20. The van der Waals surface area contributed by atoms with Crippen molar-refractivity contribution in [2.24, 2.45) is 0 Å². The number of hydrogen-bond donors (Lipinski definition) is 0. The Bertz CT molecular complexity index is 2690. The van der Waals surface area contributed by atoms with Gasteiger partial charge in [-0.1, -0.05) is 122 Å². The molecule has 0 aliphatic rings. The Morgan fingerprint density at radius 1 is 0.500 bits per heavy atom. The molecule has 0 aliphatic heterocycles. The van der Waals surface area contributed by atoms with Crippen LogP contribution in [0.3, 0.4) is 0 Å². The molecule has 0 amide bonds. The third-order valence-corrected chi connectivity index (χ3v) is 9.35. The normalized spacial score (nSPS) is 11.5. The van der Waals surface area contributed by atoms with E-state index in [1.807, 2.05) is 24.3 Å². The van der Waals surface area contributed by atoms with Crippen LogP contribution in [0.5, 0.6) is 0 Å². The topological polar surface area (TPSA) is 35.6 Å². The molecular weight excluding hydrogens is 585 g/mol. The average Bonchev–Trinajstić information content (AvgIpc) is 3.74. The van der Waals surface area contributed by atoms with Crippen molar-refractivity contribution >= 4 is 55.8 Å². The maximum Gasteiger partial charge on any atom is 0.235 e. The molecular formula is C44H30N4. The summed E-state index contributed by atoms with van der Waals surface area (Å²) in [6, 6.07) is 49.0. The lowest BCUT2D eigenvalue weighted by Gasteiger charge is -2.13. The molecule has 4 nitrogen and oxygen atoms in total. The zero-order valence-electron chi connectivity index (χ0n) is 26.2. The van der Waals surface area contributed by atoms with Crippen LogP contribution in [0.25, 0.3) is 89.8 Å². The van der Waals surface area contributed by atoms with Gasteiger partial charge in [0.05, 0.1) is 27.8 Å². The first-order valence-electron chi connectivity index (χ1n) is 16.1. The quantitative estimate of drug-likeness (QED) is 0.187. The van der Waals surface area contributed by atoms with Gasteiger partial charge in [-0.05, 0) is 64.7 Å². The van der Waals surface area contributed by atoms with E-state index in [0.29, 0.717) is 5.95 Å². The second kappa shape index (κ2) is 11.1. The van der Waals surface area contributed by atoms with Crippen LogP contribution in [0, 0.1) is 0 Å². The molecule has 4 heteroatoms. The Hall–Kier alpha value is -6.52. The van der Waals surface area contributed by atoms with Gasteiger partial charge in [0.25, 0.3) is 0 Å². The van der Waals surface area contributed by atoms with E-state index < -0.39 is 0 Å².